The SMILES string of the molecule is Cc1ccc(C(=O)/C=C(\Nc2ccc(Br)cc2Br)c2ccccc2)cc1. The number of nitrogens with one attached hydrogen (secondary N) is 1. The predicted octanol–water partition coefficient (Wildman–Crippen LogP) is 6.86. The van der Waals surface area contributed by atoms with Crippen molar-refractivity contribution in [2.24, 2.45) is 0 Å². The maximum atomic E-state index is 12.7. The van der Waals surface area contributed by atoms with E-state index in [0.717, 1.165) is 31.5 Å². The van der Waals surface area contributed by atoms with Crippen LogP contribution in [0.15, 0.2) is 87.8 Å². The van der Waals surface area contributed by atoms with Crippen LogP contribution in [0.4, 0.5) is 5.69 Å². The number of aryl methyl sites for hydroxylation is 1. The van der Waals surface area contributed by atoms with Crippen LogP contribution in [0.2, 0.25) is 0 Å². The van der Waals surface area contributed by atoms with E-state index >= 15 is 0 Å². The summed E-state index contributed by atoms with van der Waals surface area (Å²) in [5.74, 6) is -0.0374. The molecule has 130 valence electrons. The number of allylic oxidation sites excluding steroid dienone is 1. The number of hydrogen-bond acceptors (Lipinski definition) is 2. The first-order valence-electron chi connectivity index (χ1n) is 8.13. The van der Waals surface area contributed by atoms with E-state index in [4.69, 9.17) is 0 Å². The Morgan fingerprint density at radius 2 is 1.58 bits per heavy atom. The highest BCUT2D eigenvalue weighted by Crippen LogP contribution is 2.29. The van der Waals surface area contributed by atoms with Crippen molar-refractivity contribution in [1.29, 1.82) is 0 Å². The zero-order valence-corrected chi connectivity index (χ0v) is 17.3. The molecular formula is C22H17Br2NO. The molecule has 0 spiro atoms. The van der Waals surface area contributed by atoms with Gasteiger partial charge in [-0.2, -0.15) is 0 Å². The number of anilines is 1. The smallest absolute Gasteiger partial charge is 0.187 e. The molecule has 0 saturated heterocycles. The third-order valence-electron chi connectivity index (χ3n) is 3.90. The topological polar surface area (TPSA) is 29.1 Å². The fraction of sp³-hybridized carbons (Fsp3) is 0.0455. The summed E-state index contributed by atoms with van der Waals surface area (Å²) in [5, 5.41) is 3.38. The van der Waals surface area contributed by atoms with Crippen molar-refractivity contribution < 1.29 is 4.79 Å². The molecule has 2 nitrogen and oxygen atoms in total. The summed E-state index contributed by atoms with van der Waals surface area (Å²) in [6.45, 7) is 2.01. The number of carbonyl (C=O) groups excluding carboxylic acids is 1. The average molecular weight is 471 g/mol. The number of hydrogen-bond donors (Lipinski definition) is 1. The highest BCUT2D eigenvalue weighted by Gasteiger charge is 2.09. The van der Waals surface area contributed by atoms with Gasteiger partial charge in [-0.25, -0.2) is 0 Å². The van der Waals surface area contributed by atoms with E-state index in [1.165, 1.54) is 0 Å². The fourth-order valence-electron chi connectivity index (χ4n) is 2.48. The van der Waals surface area contributed by atoms with Crippen LogP contribution >= 0.6 is 31.9 Å². The van der Waals surface area contributed by atoms with Crippen LogP contribution in [-0.4, -0.2) is 5.78 Å². The summed E-state index contributed by atoms with van der Waals surface area (Å²) in [6, 6.07) is 23.3. The van der Waals surface area contributed by atoms with Gasteiger partial charge in [0.1, 0.15) is 0 Å². The average Bonchev–Trinajstić information content (AvgIpc) is 2.64. The summed E-state index contributed by atoms with van der Waals surface area (Å²) in [7, 11) is 0. The van der Waals surface area contributed by atoms with Gasteiger partial charge in [-0.3, -0.25) is 4.79 Å². The van der Waals surface area contributed by atoms with Crippen molar-refractivity contribution in [2.45, 2.75) is 6.92 Å². The maximum absolute atomic E-state index is 12.7. The van der Waals surface area contributed by atoms with E-state index in [-0.39, 0.29) is 5.78 Å². The monoisotopic (exact) mass is 469 g/mol. The first-order chi connectivity index (χ1) is 12.5. The molecule has 0 atom stereocenters. The molecule has 4 heteroatoms. The third-order valence-corrected chi connectivity index (χ3v) is 5.05. The quantitative estimate of drug-likeness (QED) is 0.326. The van der Waals surface area contributed by atoms with Gasteiger partial charge in [-0.1, -0.05) is 76.1 Å². The molecule has 0 bridgehead atoms. The summed E-state index contributed by atoms with van der Waals surface area (Å²) in [6.07, 6.45) is 1.65. The number of rotatable bonds is 5. The molecule has 0 heterocycles. The van der Waals surface area contributed by atoms with Gasteiger partial charge < -0.3 is 5.32 Å². The minimum Gasteiger partial charge on any atom is -0.354 e. The summed E-state index contributed by atoms with van der Waals surface area (Å²) in [5.41, 5.74) is 4.38. The van der Waals surface area contributed by atoms with E-state index in [0.29, 0.717) is 5.56 Å². The molecular weight excluding hydrogens is 454 g/mol. The summed E-state index contributed by atoms with van der Waals surface area (Å²) >= 11 is 7.02. The second-order valence-electron chi connectivity index (χ2n) is 5.90. The van der Waals surface area contributed by atoms with E-state index in [1.54, 1.807) is 6.08 Å². The Hall–Kier alpha value is -2.17. The molecule has 0 aliphatic carbocycles. The number of ketones is 1. The Labute approximate surface area is 170 Å². The van der Waals surface area contributed by atoms with Gasteiger partial charge in [0, 0.05) is 26.3 Å². The standard InChI is InChI=1S/C22H17Br2NO/c1-15-7-9-17(10-8-15)22(26)14-21(16-5-3-2-4-6-16)25-20-12-11-18(23)13-19(20)24/h2-14,25H,1H3/b21-14-. The highest BCUT2D eigenvalue weighted by atomic mass is 79.9. The molecule has 0 saturated carbocycles. The molecule has 0 radical (unpaired) electrons. The Morgan fingerprint density at radius 1 is 0.885 bits per heavy atom. The normalized spacial score (nSPS) is 11.3. The number of halogens is 2. The molecule has 26 heavy (non-hydrogen) atoms. The molecule has 0 fully saturated rings. The minimum atomic E-state index is -0.0374. The van der Waals surface area contributed by atoms with Crippen molar-refractivity contribution in [1.82, 2.24) is 0 Å². The Kier molecular flexibility index (Phi) is 6.07. The Bertz CT molecular complexity index is 948. The molecule has 0 unspecified atom stereocenters. The summed E-state index contributed by atoms with van der Waals surface area (Å²) in [4.78, 5) is 12.7. The number of benzene rings is 3. The lowest BCUT2D eigenvalue weighted by Crippen LogP contribution is -2.04. The molecule has 0 aromatic heterocycles. The van der Waals surface area contributed by atoms with Crippen molar-refractivity contribution in [2.75, 3.05) is 5.32 Å². The molecule has 3 aromatic carbocycles. The first-order valence-corrected chi connectivity index (χ1v) is 9.72. The second kappa shape index (κ2) is 8.47. The second-order valence-corrected chi connectivity index (χ2v) is 7.67. The van der Waals surface area contributed by atoms with Gasteiger partial charge in [0.2, 0.25) is 0 Å². The largest absolute Gasteiger partial charge is 0.354 e. The van der Waals surface area contributed by atoms with Crippen molar-refractivity contribution in [3.63, 3.8) is 0 Å². The summed E-state index contributed by atoms with van der Waals surface area (Å²) < 4.78 is 1.90. The van der Waals surface area contributed by atoms with Gasteiger partial charge in [-0.15, -0.1) is 0 Å². The van der Waals surface area contributed by atoms with E-state index < -0.39 is 0 Å². The van der Waals surface area contributed by atoms with Gasteiger partial charge in [0.25, 0.3) is 0 Å². The van der Waals surface area contributed by atoms with E-state index in [2.05, 4.69) is 37.2 Å². The Morgan fingerprint density at radius 3 is 2.23 bits per heavy atom. The third kappa shape index (κ3) is 4.71. The zero-order valence-electron chi connectivity index (χ0n) is 14.2. The van der Waals surface area contributed by atoms with Gasteiger partial charge in [0.15, 0.2) is 5.78 Å². The molecule has 0 amide bonds. The molecule has 0 aliphatic rings. The first kappa shape index (κ1) is 18.6. The predicted molar refractivity (Wildman–Crippen MR) is 115 cm³/mol. The van der Waals surface area contributed by atoms with Gasteiger partial charge >= 0.3 is 0 Å². The minimum absolute atomic E-state index is 0.0374. The van der Waals surface area contributed by atoms with Gasteiger partial charge in [-0.05, 0) is 46.6 Å². The lowest BCUT2D eigenvalue weighted by Gasteiger charge is -2.13. The van der Waals surface area contributed by atoms with Crippen molar-refractivity contribution in [3.8, 4) is 0 Å². The molecule has 1 N–H and O–H groups in total. The van der Waals surface area contributed by atoms with Crippen LogP contribution in [0, 0.1) is 6.92 Å². The number of carbonyl (C=O) groups is 1. The fourth-order valence-corrected chi connectivity index (χ4v) is 3.62. The van der Waals surface area contributed by atoms with E-state index in [1.807, 2.05) is 79.7 Å². The van der Waals surface area contributed by atoms with Crippen molar-refractivity contribution in [3.05, 3.63) is 105 Å². The molecule has 3 rings (SSSR count). The maximum Gasteiger partial charge on any atom is 0.187 e. The lowest BCUT2D eigenvalue weighted by atomic mass is 10.1. The van der Waals surface area contributed by atoms with E-state index in [9.17, 15) is 4.79 Å². The van der Waals surface area contributed by atoms with Crippen LogP contribution in [0.5, 0.6) is 0 Å². The highest BCUT2D eigenvalue weighted by molar-refractivity contribution is 9.11. The van der Waals surface area contributed by atoms with Crippen molar-refractivity contribution >= 4 is 49.0 Å². The van der Waals surface area contributed by atoms with Crippen LogP contribution in [0.3, 0.4) is 0 Å². The zero-order chi connectivity index (χ0) is 18.5. The lowest BCUT2D eigenvalue weighted by molar-refractivity contribution is 0.104. The van der Waals surface area contributed by atoms with Gasteiger partial charge in [0.05, 0.1) is 5.69 Å². The van der Waals surface area contributed by atoms with Crippen LogP contribution in [-0.2, 0) is 0 Å². The molecule has 3 aromatic rings. The molecule has 0 aliphatic heterocycles. The van der Waals surface area contributed by atoms with Crippen LogP contribution < -0.4 is 5.32 Å². The van der Waals surface area contributed by atoms with Crippen LogP contribution in [0.1, 0.15) is 21.5 Å². The van der Waals surface area contributed by atoms with Crippen LogP contribution in [0.25, 0.3) is 5.70 Å². The Balaban J connectivity index is 1.98.